The minimum absolute atomic E-state index is 0. The zero-order valence-corrected chi connectivity index (χ0v) is 18.3. The van der Waals surface area contributed by atoms with E-state index in [0.717, 1.165) is 18.8 Å². The smallest absolute Gasteiger partial charge is 0.0668 e. The van der Waals surface area contributed by atoms with Crippen molar-refractivity contribution in [2.45, 2.75) is 16.7 Å². The first-order valence-electron chi connectivity index (χ1n) is 9.57. The van der Waals surface area contributed by atoms with Gasteiger partial charge in [-0.3, -0.25) is 4.99 Å². The number of para-hydroxylation sites is 1. The van der Waals surface area contributed by atoms with Crippen molar-refractivity contribution in [3.63, 3.8) is 0 Å². The minimum atomic E-state index is 0. The highest BCUT2D eigenvalue weighted by atomic mass is 35.5. The number of halogens is 1. The van der Waals surface area contributed by atoms with Crippen LogP contribution in [0.3, 0.4) is 0 Å². The maximum Gasteiger partial charge on any atom is 0.0668 e. The molecule has 3 aromatic carbocycles. The van der Waals surface area contributed by atoms with Crippen molar-refractivity contribution in [2.24, 2.45) is 4.99 Å². The highest BCUT2D eigenvalue weighted by Gasteiger charge is 2.13. The number of hydrogen-bond donors (Lipinski definition) is 0. The van der Waals surface area contributed by atoms with Crippen LogP contribution in [0.2, 0.25) is 0 Å². The van der Waals surface area contributed by atoms with Crippen LogP contribution >= 0.6 is 24.2 Å². The molecule has 148 valence electrons. The summed E-state index contributed by atoms with van der Waals surface area (Å²) in [6.07, 6.45) is 4.35. The van der Waals surface area contributed by atoms with Gasteiger partial charge in [-0.2, -0.15) is 0 Å². The molecule has 0 radical (unpaired) electrons. The van der Waals surface area contributed by atoms with E-state index >= 15 is 0 Å². The Labute approximate surface area is 183 Å². The molecule has 0 saturated heterocycles. The van der Waals surface area contributed by atoms with Gasteiger partial charge in [0.05, 0.1) is 12.3 Å². The maximum atomic E-state index is 4.83. The lowest BCUT2D eigenvalue weighted by Gasteiger charge is -2.18. The second kappa shape index (κ2) is 9.82. The van der Waals surface area contributed by atoms with E-state index in [-0.39, 0.29) is 12.4 Å². The van der Waals surface area contributed by atoms with E-state index in [1.54, 1.807) is 11.8 Å². The molecule has 0 bridgehead atoms. The zero-order valence-electron chi connectivity index (χ0n) is 16.7. The largest absolute Gasteiger partial charge is 0.372 e. The van der Waals surface area contributed by atoms with Gasteiger partial charge in [-0.25, -0.2) is 0 Å². The number of anilines is 1. The number of likely N-dealkylation sites (N-methyl/N-ethyl adjacent to an activating group) is 1. The van der Waals surface area contributed by atoms with E-state index in [2.05, 4.69) is 104 Å². The molecule has 0 fully saturated rings. The SMILES string of the molecule is Cc1ccc(Sc2ccccc2/C=C/C2=NCCN(C)c3ccccc32)cc1.Cl. The molecular formula is C25H25ClN2S. The van der Waals surface area contributed by atoms with Crippen LogP contribution in [0.15, 0.2) is 93.7 Å². The summed E-state index contributed by atoms with van der Waals surface area (Å²) >= 11 is 1.80. The van der Waals surface area contributed by atoms with Crippen molar-refractivity contribution in [3.05, 3.63) is 95.6 Å². The fraction of sp³-hybridized carbons (Fsp3) is 0.160. The molecule has 0 aromatic heterocycles. The van der Waals surface area contributed by atoms with Crippen LogP contribution in [-0.4, -0.2) is 25.8 Å². The fourth-order valence-corrected chi connectivity index (χ4v) is 4.23. The van der Waals surface area contributed by atoms with Crippen molar-refractivity contribution in [1.29, 1.82) is 0 Å². The van der Waals surface area contributed by atoms with Crippen LogP contribution in [0, 0.1) is 6.92 Å². The zero-order chi connectivity index (χ0) is 19.3. The van der Waals surface area contributed by atoms with Gasteiger partial charge in [0, 0.05) is 34.6 Å². The second-order valence-electron chi connectivity index (χ2n) is 6.99. The Balaban J connectivity index is 0.00000240. The molecular weight excluding hydrogens is 396 g/mol. The quantitative estimate of drug-likeness (QED) is 0.477. The Morgan fingerprint density at radius 1 is 0.897 bits per heavy atom. The number of allylic oxidation sites excluding steroid dienone is 1. The van der Waals surface area contributed by atoms with E-state index < -0.39 is 0 Å². The molecule has 2 nitrogen and oxygen atoms in total. The Morgan fingerprint density at radius 2 is 1.62 bits per heavy atom. The number of aryl methyl sites for hydroxylation is 1. The van der Waals surface area contributed by atoms with Crippen LogP contribution in [0.25, 0.3) is 6.08 Å². The molecule has 3 aromatic rings. The van der Waals surface area contributed by atoms with E-state index in [1.807, 2.05) is 0 Å². The van der Waals surface area contributed by atoms with Gasteiger partial charge in [0.2, 0.25) is 0 Å². The lowest BCUT2D eigenvalue weighted by Crippen LogP contribution is -2.20. The number of benzodiazepines with no additional fused rings is 1. The van der Waals surface area contributed by atoms with Gasteiger partial charge in [0.15, 0.2) is 0 Å². The molecule has 0 saturated carbocycles. The number of rotatable bonds is 4. The standard InChI is InChI=1S/C25H24N2S.ClH/c1-19-11-14-21(15-12-19)28-25-10-6-3-7-20(25)13-16-23-22-8-4-5-9-24(22)27(2)18-17-26-23;/h3-16H,17-18H2,1-2H3;1H/b16-13+;. The summed E-state index contributed by atoms with van der Waals surface area (Å²) in [6, 6.07) is 25.7. The molecule has 0 aliphatic carbocycles. The Kier molecular flexibility index (Phi) is 7.18. The van der Waals surface area contributed by atoms with Crippen molar-refractivity contribution < 1.29 is 0 Å². The molecule has 29 heavy (non-hydrogen) atoms. The van der Waals surface area contributed by atoms with Gasteiger partial charge in [0.1, 0.15) is 0 Å². The molecule has 4 heteroatoms. The van der Waals surface area contributed by atoms with Gasteiger partial charge in [-0.05, 0) is 42.8 Å². The fourth-order valence-electron chi connectivity index (χ4n) is 3.30. The molecule has 1 aliphatic heterocycles. The average Bonchev–Trinajstić information content (AvgIpc) is 2.88. The Bertz CT molecular complexity index is 1030. The van der Waals surface area contributed by atoms with Gasteiger partial charge in [0.25, 0.3) is 0 Å². The predicted molar refractivity (Wildman–Crippen MR) is 129 cm³/mol. The van der Waals surface area contributed by atoms with Crippen molar-refractivity contribution in [2.75, 3.05) is 25.0 Å². The Morgan fingerprint density at radius 3 is 2.45 bits per heavy atom. The third-order valence-corrected chi connectivity index (χ3v) is 6.00. The summed E-state index contributed by atoms with van der Waals surface area (Å²) in [7, 11) is 2.13. The lowest BCUT2D eigenvalue weighted by molar-refractivity contribution is 0.897. The number of fused-ring (bicyclic) bond motifs is 1. The molecule has 0 atom stereocenters. The van der Waals surface area contributed by atoms with Crippen LogP contribution in [-0.2, 0) is 0 Å². The van der Waals surface area contributed by atoms with Gasteiger partial charge < -0.3 is 4.90 Å². The highest BCUT2D eigenvalue weighted by molar-refractivity contribution is 7.99. The van der Waals surface area contributed by atoms with Gasteiger partial charge in [-0.1, -0.05) is 71.9 Å². The topological polar surface area (TPSA) is 15.6 Å². The average molecular weight is 421 g/mol. The molecule has 4 rings (SSSR count). The summed E-state index contributed by atoms with van der Waals surface area (Å²) in [5.74, 6) is 0. The third-order valence-electron chi connectivity index (χ3n) is 4.90. The van der Waals surface area contributed by atoms with Crippen molar-refractivity contribution in [1.82, 2.24) is 0 Å². The molecule has 1 aliphatic rings. The summed E-state index contributed by atoms with van der Waals surface area (Å²) in [5.41, 5.74) is 5.99. The number of aliphatic imine (C=N–C) groups is 1. The van der Waals surface area contributed by atoms with Crippen LogP contribution < -0.4 is 4.90 Å². The third kappa shape index (κ3) is 5.11. The molecule has 0 N–H and O–H groups in total. The molecule has 0 spiro atoms. The van der Waals surface area contributed by atoms with Gasteiger partial charge >= 0.3 is 0 Å². The van der Waals surface area contributed by atoms with E-state index in [9.17, 15) is 0 Å². The summed E-state index contributed by atoms with van der Waals surface area (Å²) in [6.45, 7) is 3.87. The number of benzene rings is 3. The Hall–Kier alpha value is -2.49. The molecule has 1 heterocycles. The normalized spacial score (nSPS) is 13.4. The van der Waals surface area contributed by atoms with Crippen molar-refractivity contribution >= 4 is 41.6 Å². The molecule has 0 amide bonds. The van der Waals surface area contributed by atoms with E-state index in [1.165, 1.54) is 32.2 Å². The van der Waals surface area contributed by atoms with E-state index in [4.69, 9.17) is 4.99 Å². The van der Waals surface area contributed by atoms with E-state index in [0.29, 0.717) is 0 Å². The van der Waals surface area contributed by atoms with Crippen molar-refractivity contribution in [3.8, 4) is 0 Å². The summed E-state index contributed by atoms with van der Waals surface area (Å²) < 4.78 is 0. The summed E-state index contributed by atoms with van der Waals surface area (Å²) in [5, 5.41) is 0. The predicted octanol–water partition coefficient (Wildman–Crippen LogP) is 6.52. The second-order valence-corrected chi connectivity index (χ2v) is 8.11. The molecule has 0 unspecified atom stereocenters. The first-order chi connectivity index (χ1) is 13.7. The lowest BCUT2D eigenvalue weighted by atomic mass is 10.1. The summed E-state index contributed by atoms with van der Waals surface area (Å²) in [4.78, 5) is 9.62. The van der Waals surface area contributed by atoms with Crippen LogP contribution in [0.1, 0.15) is 16.7 Å². The first-order valence-corrected chi connectivity index (χ1v) is 10.4. The number of hydrogen-bond acceptors (Lipinski definition) is 3. The monoisotopic (exact) mass is 420 g/mol. The maximum absolute atomic E-state index is 4.83. The number of nitrogens with zero attached hydrogens (tertiary/aromatic N) is 2. The van der Waals surface area contributed by atoms with Crippen LogP contribution in [0.4, 0.5) is 5.69 Å². The minimum Gasteiger partial charge on any atom is -0.372 e. The van der Waals surface area contributed by atoms with Gasteiger partial charge in [-0.15, -0.1) is 12.4 Å². The van der Waals surface area contributed by atoms with Crippen LogP contribution in [0.5, 0.6) is 0 Å². The highest BCUT2D eigenvalue weighted by Crippen LogP contribution is 2.31. The first kappa shape index (κ1) is 21.2.